The van der Waals surface area contributed by atoms with E-state index >= 15 is 0 Å². The van der Waals surface area contributed by atoms with Gasteiger partial charge >= 0.3 is 0 Å². The molecule has 8 nitrogen and oxygen atoms in total. The van der Waals surface area contributed by atoms with Crippen LogP contribution in [-0.4, -0.2) is 42.5 Å². The Hall–Kier alpha value is -2.56. The van der Waals surface area contributed by atoms with Crippen molar-refractivity contribution in [1.82, 2.24) is 19.8 Å². The van der Waals surface area contributed by atoms with E-state index in [0.29, 0.717) is 36.3 Å². The zero-order valence-electron chi connectivity index (χ0n) is 16.8. The Kier molecular flexibility index (Phi) is 5.37. The zero-order chi connectivity index (χ0) is 21.4. The van der Waals surface area contributed by atoms with Gasteiger partial charge in [0.1, 0.15) is 4.21 Å². The summed E-state index contributed by atoms with van der Waals surface area (Å²) in [5.41, 5.74) is 2.94. The van der Waals surface area contributed by atoms with E-state index in [0.717, 1.165) is 42.6 Å². The van der Waals surface area contributed by atoms with Gasteiger partial charge in [-0.05, 0) is 36.5 Å². The van der Waals surface area contributed by atoms with Crippen molar-refractivity contribution in [3.05, 3.63) is 52.7 Å². The van der Waals surface area contributed by atoms with Crippen LogP contribution in [-0.2, 0) is 27.8 Å². The molecule has 0 unspecified atom stereocenters. The van der Waals surface area contributed by atoms with E-state index in [1.165, 1.54) is 11.6 Å². The summed E-state index contributed by atoms with van der Waals surface area (Å²) in [5, 5.41) is 5.67. The molecule has 10 heteroatoms. The molecule has 0 spiro atoms. The fraction of sp³-hybridized carbons (Fsp3) is 0.381. The average molecular weight is 459 g/mol. The van der Waals surface area contributed by atoms with Crippen LogP contribution in [0.4, 0.5) is 0 Å². The number of nitrogens with zero attached hydrogens (tertiary/aromatic N) is 3. The molecule has 0 radical (unpaired) electrons. The van der Waals surface area contributed by atoms with Crippen LogP contribution in [0, 0.1) is 0 Å². The van der Waals surface area contributed by atoms with Gasteiger partial charge in [0, 0.05) is 30.0 Å². The minimum Gasteiger partial charge on any atom is -0.339 e. The number of aromatic nitrogens is 2. The van der Waals surface area contributed by atoms with Crippen LogP contribution in [0.3, 0.4) is 0 Å². The van der Waals surface area contributed by atoms with Crippen LogP contribution in [0.1, 0.15) is 42.2 Å². The van der Waals surface area contributed by atoms with Crippen LogP contribution >= 0.6 is 11.3 Å². The maximum Gasteiger partial charge on any atom is 0.250 e. The van der Waals surface area contributed by atoms with Gasteiger partial charge in [0.05, 0.1) is 6.54 Å². The Bertz CT molecular complexity index is 1210. The molecule has 1 amide bonds. The van der Waals surface area contributed by atoms with Crippen molar-refractivity contribution in [2.75, 3.05) is 13.1 Å². The Morgan fingerprint density at radius 1 is 1.26 bits per heavy atom. The van der Waals surface area contributed by atoms with E-state index in [4.69, 9.17) is 4.52 Å². The van der Waals surface area contributed by atoms with Gasteiger partial charge in [0.15, 0.2) is 0 Å². The molecular weight excluding hydrogens is 436 g/mol. The predicted octanol–water partition coefficient (Wildman–Crippen LogP) is 2.93. The standard InChI is InChI=1S/C21H22N4O4S2/c26-18(25-9-8-14-4-1-2-5-16(14)12-25)11-22-31(27,28)19-10-17(13-30-19)20-23-21(29-24-20)15-6-3-7-15/h1-2,4-5,10,13,15,22H,3,6-9,11-12H2. The van der Waals surface area contributed by atoms with Crippen LogP contribution in [0.15, 0.2) is 44.4 Å². The molecule has 2 aromatic heterocycles. The normalized spacial score (nSPS) is 16.7. The van der Waals surface area contributed by atoms with E-state index in [1.807, 2.05) is 18.2 Å². The second-order valence-electron chi connectivity index (χ2n) is 7.90. The highest BCUT2D eigenvalue weighted by molar-refractivity contribution is 7.91. The van der Waals surface area contributed by atoms with E-state index in [-0.39, 0.29) is 16.7 Å². The molecule has 1 aliphatic heterocycles. The lowest BCUT2D eigenvalue weighted by Gasteiger charge is -2.28. The molecule has 5 rings (SSSR count). The smallest absolute Gasteiger partial charge is 0.250 e. The Balaban J connectivity index is 1.22. The van der Waals surface area contributed by atoms with Crippen molar-refractivity contribution in [3.63, 3.8) is 0 Å². The largest absolute Gasteiger partial charge is 0.339 e. The van der Waals surface area contributed by atoms with Gasteiger partial charge in [-0.3, -0.25) is 4.79 Å². The fourth-order valence-corrected chi connectivity index (χ4v) is 5.97. The van der Waals surface area contributed by atoms with Crippen LogP contribution in [0.5, 0.6) is 0 Å². The molecule has 162 valence electrons. The van der Waals surface area contributed by atoms with E-state index in [2.05, 4.69) is 20.9 Å². The molecule has 31 heavy (non-hydrogen) atoms. The highest BCUT2D eigenvalue weighted by atomic mass is 32.2. The molecule has 1 fully saturated rings. The number of hydrogen-bond acceptors (Lipinski definition) is 7. The van der Waals surface area contributed by atoms with E-state index in [9.17, 15) is 13.2 Å². The fourth-order valence-electron chi connectivity index (χ4n) is 3.80. The second kappa shape index (κ2) is 8.18. The summed E-state index contributed by atoms with van der Waals surface area (Å²) in [6, 6.07) is 9.52. The second-order valence-corrected chi connectivity index (χ2v) is 10.8. The number of hydrogen-bond donors (Lipinski definition) is 1. The molecule has 1 aliphatic carbocycles. The third kappa shape index (κ3) is 4.15. The summed E-state index contributed by atoms with van der Waals surface area (Å²) in [5.74, 6) is 1.09. The summed E-state index contributed by atoms with van der Waals surface area (Å²) >= 11 is 1.07. The van der Waals surface area contributed by atoms with Crippen LogP contribution in [0.2, 0.25) is 0 Å². The van der Waals surface area contributed by atoms with Gasteiger partial charge in [-0.1, -0.05) is 35.8 Å². The number of nitrogens with one attached hydrogen (secondary N) is 1. The van der Waals surface area contributed by atoms with Crippen molar-refractivity contribution in [3.8, 4) is 11.4 Å². The minimum atomic E-state index is -3.81. The topological polar surface area (TPSA) is 105 Å². The minimum absolute atomic E-state index is 0.120. The van der Waals surface area contributed by atoms with Crippen LogP contribution < -0.4 is 4.72 Å². The van der Waals surface area contributed by atoms with Crippen molar-refractivity contribution in [2.24, 2.45) is 0 Å². The number of rotatable bonds is 6. The lowest BCUT2D eigenvalue weighted by atomic mass is 9.85. The monoisotopic (exact) mass is 458 g/mol. The molecule has 1 N–H and O–H groups in total. The van der Waals surface area contributed by atoms with Gasteiger partial charge in [-0.25, -0.2) is 13.1 Å². The van der Waals surface area contributed by atoms with Gasteiger partial charge in [0.2, 0.25) is 17.6 Å². The number of sulfonamides is 1. The van der Waals surface area contributed by atoms with Gasteiger partial charge < -0.3 is 9.42 Å². The lowest BCUT2D eigenvalue weighted by molar-refractivity contribution is -0.130. The van der Waals surface area contributed by atoms with Crippen molar-refractivity contribution < 1.29 is 17.7 Å². The zero-order valence-corrected chi connectivity index (χ0v) is 18.4. The Morgan fingerprint density at radius 2 is 2.06 bits per heavy atom. The molecule has 0 saturated heterocycles. The number of amides is 1. The average Bonchev–Trinajstić information content (AvgIpc) is 3.41. The lowest BCUT2D eigenvalue weighted by Crippen LogP contribution is -2.42. The first-order chi connectivity index (χ1) is 15.0. The van der Waals surface area contributed by atoms with Gasteiger partial charge in [-0.2, -0.15) is 4.98 Å². The Labute approximate surface area is 184 Å². The molecule has 0 atom stereocenters. The third-order valence-electron chi connectivity index (χ3n) is 5.89. The number of thiophene rings is 1. The molecule has 0 bridgehead atoms. The molecule has 2 aliphatic rings. The van der Waals surface area contributed by atoms with Crippen molar-refractivity contribution in [1.29, 1.82) is 0 Å². The number of fused-ring (bicyclic) bond motifs is 1. The van der Waals surface area contributed by atoms with E-state index in [1.54, 1.807) is 10.3 Å². The third-order valence-corrected chi connectivity index (χ3v) is 8.73. The SMILES string of the molecule is O=C(CNS(=O)(=O)c1cc(-c2noc(C3CCC3)n2)cs1)N1CCc2ccccc2C1. The number of carbonyl (C=O) groups is 1. The van der Waals surface area contributed by atoms with E-state index < -0.39 is 10.0 Å². The summed E-state index contributed by atoms with van der Waals surface area (Å²) in [6.07, 6.45) is 4.03. The first-order valence-corrected chi connectivity index (χ1v) is 12.6. The van der Waals surface area contributed by atoms with Crippen LogP contribution in [0.25, 0.3) is 11.4 Å². The predicted molar refractivity (Wildman–Crippen MR) is 115 cm³/mol. The molecule has 1 saturated carbocycles. The van der Waals surface area contributed by atoms with Gasteiger partial charge in [-0.15, -0.1) is 11.3 Å². The molecule has 3 heterocycles. The summed E-state index contributed by atoms with van der Waals surface area (Å²) in [6.45, 7) is 0.814. The highest BCUT2D eigenvalue weighted by Gasteiger charge is 2.27. The number of benzene rings is 1. The molecular formula is C21H22N4O4S2. The van der Waals surface area contributed by atoms with Gasteiger partial charge in [0.25, 0.3) is 10.0 Å². The highest BCUT2D eigenvalue weighted by Crippen LogP contribution is 2.36. The summed E-state index contributed by atoms with van der Waals surface area (Å²) < 4.78 is 33.3. The summed E-state index contributed by atoms with van der Waals surface area (Å²) in [4.78, 5) is 18.7. The number of carbonyl (C=O) groups excluding carboxylic acids is 1. The molecule has 1 aromatic carbocycles. The first-order valence-electron chi connectivity index (χ1n) is 10.3. The summed E-state index contributed by atoms with van der Waals surface area (Å²) in [7, 11) is -3.81. The quantitative estimate of drug-likeness (QED) is 0.609. The maximum atomic E-state index is 12.7. The Morgan fingerprint density at radius 3 is 2.84 bits per heavy atom. The van der Waals surface area contributed by atoms with Crippen molar-refractivity contribution >= 4 is 27.3 Å². The first kappa shape index (κ1) is 20.3. The maximum absolute atomic E-state index is 12.7. The van der Waals surface area contributed by atoms with Crippen molar-refractivity contribution in [2.45, 2.75) is 42.4 Å². The molecule has 3 aromatic rings.